The lowest BCUT2D eigenvalue weighted by Crippen LogP contribution is -2.02. The number of nitrogens with one attached hydrogen (secondary N) is 1. The lowest BCUT2D eigenvalue weighted by atomic mass is 10.2. The smallest absolute Gasteiger partial charge is 0.269 e. The number of hydrogen-bond acceptors (Lipinski definition) is 6. The zero-order chi connectivity index (χ0) is 17.5. The zero-order valence-electron chi connectivity index (χ0n) is 13.3. The van der Waals surface area contributed by atoms with Crippen LogP contribution in [0.15, 0.2) is 42.9 Å². The Morgan fingerprint density at radius 2 is 2.15 bits per heavy atom. The summed E-state index contributed by atoms with van der Waals surface area (Å²) in [6.45, 7) is 7.56. The van der Waals surface area contributed by atoms with Crippen LogP contribution >= 0.6 is 11.3 Å². The van der Waals surface area contributed by atoms with Crippen LogP contribution in [0.4, 0.5) is 5.82 Å². The van der Waals surface area contributed by atoms with Crippen LogP contribution in [0.5, 0.6) is 0 Å². The highest BCUT2D eigenvalue weighted by atomic mass is 32.1. The molecule has 5 heterocycles. The van der Waals surface area contributed by atoms with Crippen LogP contribution in [0, 0.1) is 6.57 Å². The Hall–Kier alpha value is -3.64. The van der Waals surface area contributed by atoms with Crippen molar-refractivity contribution in [2.24, 2.45) is 0 Å². The molecule has 26 heavy (non-hydrogen) atoms. The van der Waals surface area contributed by atoms with Crippen molar-refractivity contribution in [3.8, 4) is 11.3 Å². The van der Waals surface area contributed by atoms with Crippen LogP contribution < -0.4 is 0 Å². The molecule has 0 aliphatic carbocycles. The summed E-state index contributed by atoms with van der Waals surface area (Å²) < 4.78 is 2.96. The van der Waals surface area contributed by atoms with Gasteiger partial charge in [-0.15, -0.1) is 21.4 Å². The van der Waals surface area contributed by atoms with Crippen molar-refractivity contribution in [2.45, 2.75) is 6.54 Å². The van der Waals surface area contributed by atoms with Crippen LogP contribution in [-0.4, -0.2) is 34.9 Å². The molecule has 0 saturated carbocycles. The van der Waals surface area contributed by atoms with E-state index >= 15 is 0 Å². The number of hydrogen-bond donors (Lipinski definition) is 1. The van der Waals surface area contributed by atoms with Crippen molar-refractivity contribution < 1.29 is 0 Å². The van der Waals surface area contributed by atoms with Gasteiger partial charge in [0.05, 0.1) is 28.7 Å². The molecule has 0 radical (unpaired) electrons. The van der Waals surface area contributed by atoms with Crippen molar-refractivity contribution in [3.05, 3.63) is 59.2 Å². The number of nitrogens with zero attached hydrogens (tertiary/aromatic N) is 7. The predicted molar refractivity (Wildman–Crippen MR) is 97.9 cm³/mol. The van der Waals surface area contributed by atoms with Gasteiger partial charge in [0, 0.05) is 16.6 Å². The van der Waals surface area contributed by atoms with E-state index in [1.165, 1.54) is 4.70 Å². The van der Waals surface area contributed by atoms with Gasteiger partial charge in [0.25, 0.3) is 5.82 Å². The molecule has 9 heteroatoms. The van der Waals surface area contributed by atoms with E-state index in [0.29, 0.717) is 29.4 Å². The molecular formula is C17H10N8S. The van der Waals surface area contributed by atoms with Crippen LogP contribution in [0.2, 0.25) is 0 Å². The first-order chi connectivity index (χ1) is 12.8. The minimum Gasteiger partial charge on any atom is -0.361 e. The van der Waals surface area contributed by atoms with Crippen molar-refractivity contribution >= 4 is 38.7 Å². The molecule has 8 nitrogen and oxygen atoms in total. The van der Waals surface area contributed by atoms with Crippen molar-refractivity contribution in [3.63, 3.8) is 0 Å². The Labute approximate surface area is 151 Å². The maximum Gasteiger partial charge on any atom is 0.269 e. The minimum atomic E-state index is 0.350. The Morgan fingerprint density at radius 1 is 1.19 bits per heavy atom. The number of rotatable bonds is 3. The topological polar surface area (TPSA) is 89.5 Å². The minimum absolute atomic E-state index is 0.350. The van der Waals surface area contributed by atoms with Gasteiger partial charge in [0.2, 0.25) is 5.65 Å². The molecule has 0 amide bonds. The molecule has 5 aromatic heterocycles. The summed E-state index contributed by atoms with van der Waals surface area (Å²) in [5, 5.41) is 8.29. The summed E-state index contributed by atoms with van der Waals surface area (Å²) in [4.78, 5) is 20.8. The molecule has 0 saturated heterocycles. The number of H-pyrrole nitrogens is 1. The van der Waals surface area contributed by atoms with Gasteiger partial charge < -0.3 is 9.83 Å². The SMILES string of the molecule is [C-]#[N+]c1ccc(-c2cnc3nnn(Cc4cc5[nH]ccc5s4)c3n2)cn1. The number of pyridine rings is 1. The third-order valence-corrected chi connectivity index (χ3v) is 5.06. The first-order valence-corrected chi connectivity index (χ1v) is 8.58. The molecule has 0 bridgehead atoms. The second kappa shape index (κ2) is 5.72. The van der Waals surface area contributed by atoms with E-state index in [9.17, 15) is 0 Å². The Balaban J connectivity index is 1.53. The van der Waals surface area contributed by atoms with Crippen LogP contribution in [0.25, 0.3) is 37.6 Å². The summed E-state index contributed by atoms with van der Waals surface area (Å²) in [5.74, 6) is 0.350. The lowest BCUT2D eigenvalue weighted by molar-refractivity contribution is 0.671. The Morgan fingerprint density at radius 3 is 2.96 bits per heavy atom. The van der Waals surface area contributed by atoms with E-state index in [1.807, 2.05) is 12.3 Å². The number of aromatic nitrogens is 7. The molecule has 0 unspecified atom stereocenters. The van der Waals surface area contributed by atoms with E-state index in [-0.39, 0.29) is 0 Å². The fourth-order valence-corrected chi connectivity index (χ4v) is 3.74. The fourth-order valence-electron chi connectivity index (χ4n) is 2.73. The molecule has 0 spiro atoms. The van der Waals surface area contributed by atoms with E-state index in [0.717, 1.165) is 16.0 Å². The summed E-state index contributed by atoms with van der Waals surface area (Å²) in [6.07, 6.45) is 5.20. The molecule has 124 valence electrons. The average molecular weight is 358 g/mol. The molecule has 0 fully saturated rings. The van der Waals surface area contributed by atoms with Crippen molar-refractivity contribution in [2.75, 3.05) is 0 Å². The monoisotopic (exact) mass is 358 g/mol. The molecule has 0 aromatic carbocycles. The summed E-state index contributed by atoms with van der Waals surface area (Å²) in [5.41, 5.74) is 3.70. The molecule has 5 rings (SSSR count). The summed E-state index contributed by atoms with van der Waals surface area (Å²) >= 11 is 1.71. The number of thiophene rings is 1. The van der Waals surface area contributed by atoms with Gasteiger partial charge in [-0.05, 0) is 18.2 Å². The van der Waals surface area contributed by atoms with Gasteiger partial charge in [0.15, 0.2) is 5.65 Å². The largest absolute Gasteiger partial charge is 0.361 e. The molecule has 0 aliphatic heterocycles. The Kier molecular flexibility index (Phi) is 3.23. The molecular weight excluding hydrogens is 348 g/mol. The summed E-state index contributed by atoms with van der Waals surface area (Å²) in [6, 6.07) is 7.64. The number of aromatic amines is 1. The highest BCUT2D eigenvalue weighted by molar-refractivity contribution is 7.19. The summed E-state index contributed by atoms with van der Waals surface area (Å²) in [7, 11) is 0. The second-order valence-corrected chi connectivity index (χ2v) is 6.80. The third kappa shape index (κ3) is 2.40. The zero-order valence-corrected chi connectivity index (χ0v) is 14.1. The van der Waals surface area contributed by atoms with Crippen molar-refractivity contribution in [1.82, 2.24) is 34.9 Å². The van der Waals surface area contributed by atoms with Crippen molar-refractivity contribution in [1.29, 1.82) is 0 Å². The highest BCUT2D eigenvalue weighted by Crippen LogP contribution is 2.26. The van der Waals surface area contributed by atoms with Gasteiger partial charge in [-0.2, -0.15) is 0 Å². The normalized spacial score (nSPS) is 11.2. The maximum atomic E-state index is 6.98. The molecule has 0 atom stereocenters. The highest BCUT2D eigenvalue weighted by Gasteiger charge is 2.12. The second-order valence-electron chi connectivity index (χ2n) is 5.63. The van der Waals surface area contributed by atoms with Gasteiger partial charge >= 0.3 is 0 Å². The molecule has 1 N–H and O–H groups in total. The first-order valence-electron chi connectivity index (χ1n) is 7.76. The average Bonchev–Trinajstić information content (AvgIpc) is 3.37. The van der Waals surface area contributed by atoms with Gasteiger partial charge in [-0.3, -0.25) is 0 Å². The molecule has 5 aromatic rings. The van der Waals surface area contributed by atoms with Gasteiger partial charge in [-0.25, -0.2) is 14.6 Å². The first kappa shape index (κ1) is 14.7. The van der Waals surface area contributed by atoms with E-state index in [2.05, 4.69) is 47.2 Å². The van der Waals surface area contributed by atoms with Gasteiger partial charge in [0.1, 0.15) is 6.20 Å². The van der Waals surface area contributed by atoms with Crippen LogP contribution in [0.1, 0.15) is 4.88 Å². The van der Waals surface area contributed by atoms with E-state index in [4.69, 9.17) is 6.57 Å². The van der Waals surface area contributed by atoms with Gasteiger partial charge in [-0.1, -0.05) is 17.9 Å². The van der Waals surface area contributed by atoms with Crippen LogP contribution in [-0.2, 0) is 6.54 Å². The fraction of sp³-hybridized carbons (Fsp3) is 0.0588. The maximum absolute atomic E-state index is 6.98. The van der Waals surface area contributed by atoms with E-state index < -0.39 is 0 Å². The van der Waals surface area contributed by atoms with E-state index in [1.54, 1.807) is 34.5 Å². The number of fused-ring (bicyclic) bond motifs is 2. The van der Waals surface area contributed by atoms with Crippen LogP contribution in [0.3, 0.4) is 0 Å². The quantitative estimate of drug-likeness (QED) is 0.499. The lowest BCUT2D eigenvalue weighted by Gasteiger charge is -2.01. The third-order valence-electron chi connectivity index (χ3n) is 3.98. The Bertz CT molecular complexity index is 1240. The molecule has 0 aliphatic rings. The standard InChI is InChI=1S/C17H10N8S/c1-18-15-3-2-10(7-20-15)13-8-21-16-17(22-13)25(24-23-16)9-11-6-12-14(26-11)4-5-19-12/h2-8,19H,9H2. The predicted octanol–water partition coefficient (Wildman–Crippen LogP) is 3.43.